The molecule has 0 spiro atoms. The lowest BCUT2D eigenvalue weighted by atomic mass is 10.0. The Kier molecular flexibility index (Phi) is 3.00. The number of anilines is 2. The summed E-state index contributed by atoms with van der Waals surface area (Å²) in [6.45, 7) is 0.936. The molecular weight excluding hydrogens is 284 g/mol. The van der Waals surface area contributed by atoms with Gasteiger partial charge in [-0.2, -0.15) is 0 Å². The molecule has 4 rings (SSSR count). The van der Waals surface area contributed by atoms with Crippen molar-refractivity contribution in [3.8, 4) is 0 Å². The molecule has 3 atom stereocenters. The van der Waals surface area contributed by atoms with Crippen LogP contribution < -0.4 is 10.6 Å². The molecule has 0 saturated heterocycles. The smallest absolute Gasteiger partial charge is 0.157 e. The number of rotatable bonds is 4. The van der Waals surface area contributed by atoms with Crippen molar-refractivity contribution >= 4 is 23.1 Å². The van der Waals surface area contributed by atoms with Crippen molar-refractivity contribution in [2.45, 2.75) is 12.3 Å². The lowest BCUT2D eigenvalue weighted by Crippen LogP contribution is -2.11. The SMILES string of the molecule is CNc1c(Cl)ncnc1NCC1C2Cc3ccccc3C12. The normalized spacial score (nSPS) is 25.1. The van der Waals surface area contributed by atoms with E-state index in [1.165, 1.54) is 18.3 Å². The number of hydrogen-bond donors (Lipinski definition) is 2. The quantitative estimate of drug-likeness (QED) is 0.852. The predicted molar refractivity (Wildman–Crippen MR) is 84.9 cm³/mol. The number of aromatic nitrogens is 2. The first kappa shape index (κ1) is 12.9. The van der Waals surface area contributed by atoms with Crippen molar-refractivity contribution in [2.75, 3.05) is 24.2 Å². The van der Waals surface area contributed by atoms with Crippen LogP contribution >= 0.6 is 11.6 Å². The van der Waals surface area contributed by atoms with Crippen LogP contribution in [0.2, 0.25) is 5.15 Å². The Balaban J connectivity index is 1.46. The van der Waals surface area contributed by atoms with Gasteiger partial charge in [-0.25, -0.2) is 9.97 Å². The van der Waals surface area contributed by atoms with Gasteiger partial charge in [0.25, 0.3) is 0 Å². The summed E-state index contributed by atoms with van der Waals surface area (Å²) in [6, 6.07) is 8.82. The first-order valence-electron chi connectivity index (χ1n) is 7.29. The third kappa shape index (κ3) is 2.05. The van der Waals surface area contributed by atoms with Gasteiger partial charge in [0, 0.05) is 13.6 Å². The van der Waals surface area contributed by atoms with Gasteiger partial charge >= 0.3 is 0 Å². The zero-order chi connectivity index (χ0) is 14.4. The van der Waals surface area contributed by atoms with Gasteiger partial charge in [0.1, 0.15) is 12.0 Å². The Morgan fingerprint density at radius 1 is 1.29 bits per heavy atom. The van der Waals surface area contributed by atoms with Crippen LogP contribution in [0.15, 0.2) is 30.6 Å². The molecule has 0 radical (unpaired) electrons. The molecule has 1 heterocycles. The summed E-state index contributed by atoms with van der Waals surface area (Å²) < 4.78 is 0. The summed E-state index contributed by atoms with van der Waals surface area (Å²) >= 11 is 6.07. The van der Waals surface area contributed by atoms with E-state index in [0.717, 1.165) is 29.9 Å². The van der Waals surface area contributed by atoms with Crippen molar-refractivity contribution in [3.63, 3.8) is 0 Å². The molecule has 2 aromatic rings. The van der Waals surface area contributed by atoms with Gasteiger partial charge in [0.15, 0.2) is 11.0 Å². The van der Waals surface area contributed by atoms with E-state index in [1.54, 1.807) is 5.56 Å². The number of nitrogens with zero attached hydrogens (tertiary/aromatic N) is 2. The predicted octanol–water partition coefficient (Wildman–Crippen LogP) is 3.17. The second kappa shape index (κ2) is 4.88. The molecule has 5 heteroatoms. The van der Waals surface area contributed by atoms with Crippen LogP contribution in [0, 0.1) is 11.8 Å². The van der Waals surface area contributed by atoms with E-state index in [9.17, 15) is 0 Å². The summed E-state index contributed by atoms with van der Waals surface area (Å²) in [5.41, 5.74) is 3.85. The molecule has 1 saturated carbocycles. The minimum Gasteiger partial charge on any atom is -0.383 e. The number of fused-ring (bicyclic) bond motifs is 3. The van der Waals surface area contributed by atoms with Crippen LogP contribution in [0.25, 0.3) is 0 Å². The molecule has 0 bridgehead atoms. The molecule has 1 aromatic heterocycles. The summed E-state index contributed by atoms with van der Waals surface area (Å²) in [5.74, 6) is 3.02. The Bertz CT molecular complexity index is 688. The second-order valence-corrected chi connectivity index (χ2v) is 6.13. The van der Waals surface area contributed by atoms with E-state index in [4.69, 9.17) is 11.6 Å². The topological polar surface area (TPSA) is 49.8 Å². The molecule has 1 fully saturated rings. The van der Waals surface area contributed by atoms with Crippen molar-refractivity contribution < 1.29 is 0 Å². The zero-order valence-corrected chi connectivity index (χ0v) is 12.6. The second-order valence-electron chi connectivity index (χ2n) is 5.78. The summed E-state index contributed by atoms with van der Waals surface area (Å²) in [4.78, 5) is 8.27. The molecule has 4 nitrogen and oxygen atoms in total. The van der Waals surface area contributed by atoms with Gasteiger partial charge in [-0.05, 0) is 35.3 Å². The van der Waals surface area contributed by atoms with Crippen molar-refractivity contribution in [2.24, 2.45) is 11.8 Å². The summed E-state index contributed by atoms with van der Waals surface area (Å²) in [6.07, 6.45) is 2.71. The van der Waals surface area contributed by atoms with E-state index >= 15 is 0 Å². The van der Waals surface area contributed by atoms with E-state index in [1.807, 2.05) is 7.05 Å². The van der Waals surface area contributed by atoms with Crippen LogP contribution in [-0.4, -0.2) is 23.6 Å². The first-order valence-corrected chi connectivity index (χ1v) is 7.67. The van der Waals surface area contributed by atoms with E-state index in [0.29, 0.717) is 11.1 Å². The Morgan fingerprint density at radius 2 is 2.14 bits per heavy atom. The lowest BCUT2D eigenvalue weighted by Gasteiger charge is -2.12. The molecular formula is C16H17ClN4. The number of nitrogens with one attached hydrogen (secondary N) is 2. The average Bonchev–Trinajstić information content (AvgIpc) is 3.03. The molecule has 0 amide bonds. The van der Waals surface area contributed by atoms with Gasteiger partial charge in [-0.15, -0.1) is 0 Å². The van der Waals surface area contributed by atoms with Gasteiger partial charge in [-0.1, -0.05) is 35.9 Å². The number of benzene rings is 1. The molecule has 0 aliphatic heterocycles. The molecule has 3 unspecified atom stereocenters. The minimum atomic E-state index is 0.455. The highest BCUT2D eigenvalue weighted by atomic mass is 35.5. The Labute approximate surface area is 129 Å². The van der Waals surface area contributed by atoms with Crippen molar-refractivity contribution in [1.82, 2.24) is 9.97 Å². The monoisotopic (exact) mass is 300 g/mol. The maximum Gasteiger partial charge on any atom is 0.157 e. The van der Waals surface area contributed by atoms with Crippen LogP contribution in [-0.2, 0) is 6.42 Å². The van der Waals surface area contributed by atoms with Gasteiger partial charge in [0.05, 0.1) is 0 Å². The average molecular weight is 301 g/mol. The zero-order valence-electron chi connectivity index (χ0n) is 11.8. The first-order chi connectivity index (χ1) is 10.3. The molecule has 2 aliphatic carbocycles. The van der Waals surface area contributed by atoms with E-state index in [-0.39, 0.29) is 0 Å². The Morgan fingerprint density at radius 3 is 3.00 bits per heavy atom. The maximum atomic E-state index is 6.07. The Hall–Kier alpha value is -1.81. The minimum absolute atomic E-state index is 0.455. The highest BCUT2D eigenvalue weighted by Gasteiger charge is 2.54. The van der Waals surface area contributed by atoms with Crippen molar-refractivity contribution in [1.29, 1.82) is 0 Å². The highest BCUT2D eigenvalue weighted by Crippen LogP contribution is 2.61. The standard InChI is InChI=1S/C16H17ClN4/c1-18-14-15(17)20-8-21-16(14)19-7-12-11-6-9-4-2-3-5-10(9)13(11)12/h2-5,8,11-13,18H,6-7H2,1H3,(H,19,20,21). The molecule has 1 aromatic carbocycles. The summed E-state index contributed by atoms with van der Waals surface area (Å²) in [5, 5.41) is 6.94. The van der Waals surface area contributed by atoms with Crippen LogP contribution in [0.1, 0.15) is 17.0 Å². The van der Waals surface area contributed by atoms with Gasteiger partial charge < -0.3 is 10.6 Å². The fourth-order valence-corrected chi connectivity index (χ4v) is 3.92. The third-order valence-corrected chi connectivity index (χ3v) is 5.04. The lowest BCUT2D eigenvalue weighted by molar-refractivity contribution is 0.718. The summed E-state index contributed by atoms with van der Waals surface area (Å²) in [7, 11) is 1.83. The van der Waals surface area contributed by atoms with Crippen LogP contribution in [0.3, 0.4) is 0 Å². The van der Waals surface area contributed by atoms with Crippen molar-refractivity contribution in [3.05, 3.63) is 46.9 Å². The molecule has 2 aliphatic rings. The van der Waals surface area contributed by atoms with Gasteiger partial charge in [0.2, 0.25) is 0 Å². The molecule has 108 valence electrons. The number of hydrogen-bond acceptors (Lipinski definition) is 4. The van der Waals surface area contributed by atoms with E-state index < -0.39 is 0 Å². The molecule has 21 heavy (non-hydrogen) atoms. The third-order valence-electron chi connectivity index (χ3n) is 4.76. The van der Waals surface area contributed by atoms with Gasteiger partial charge in [-0.3, -0.25) is 0 Å². The molecule has 2 N–H and O–H groups in total. The van der Waals surface area contributed by atoms with E-state index in [2.05, 4.69) is 44.9 Å². The maximum absolute atomic E-state index is 6.07. The van der Waals surface area contributed by atoms with Crippen LogP contribution in [0.5, 0.6) is 0 Å². The fourth-order valence-electron chi connectivity index (χ4n) is 3.70. The van der Waals surface area contributed by atoms with Crippen LogP contribution in [0.4, 0.5) is 11.5 Å². The number of halogens is 1. The largest absolute Gasteiger partial charge is 0.383 e. The highest BCUT2D eigenvalue weighted by molar-refractivity contribution is 6.32. The fraction of sp³-hybridized carbons (Fsp3) is 0.375.